The van der Waals surface area contributed by atoms with Crippen LogP contribution in [-0.4, -0.2) is 32.0 Å². The number of ether oxygens (including phenoxy) is 1. The Labute approximate surface area is 131 Å². The molecule has 23 heavy (non-hydrogen) atoms. The molecular formula is C16H14N4O3. The fraction of sp³-hybridized carbons (Fsp3) is 0.188. The maximum Gasteiger partial charge on any atom is 0.344 e. The first-order valence-electron chi connectivity index (χ1n) is 6.94. The molecule has 0 aliphatic heterocycles. The van der Waals surface area contributed by atoms with Crippen LogP contribution in [0.15, 0.2) is 24.4 Å². The maximum absolute atomic E-state index is 12.5. The van der Waals surface area contributed by atoms with E-state index in [0.717, 1.165) is 0 Å². The molecule has 3 rings (SSSR count). The van der Waals surface area contributed by atoms with Gasteiger partial charge in [-0.1, -0.05) is 0 Å². The topological polar surface area (TPSA) is 87.0 Å². The zero-order valence-corrected chi connectivity index (χ0v) is 12.9. The number of fused-ring (bicyclic) bond motifs is 1. The minimum atomic E-state index is -0.581. The minimum absolute atomic E-state index is 0.0894. The Morgan fingerprint density at radius 2 is 2.04 bits per heavy atom. The first kappa shape index (κ1) is 14.8. The van der Waals surface area contributed by atoms with Gasteiger partial charge in [0.25, 0.3) is 0 Å². The minimum Gasteiger partial charge on any atom is -0.420 e. The zero-order valence-electron chi connectivity index (χ0n) is 12.9. The number of nitrogens with zero attached hydrogens (tertiary/aromatic N) is 4. The highest BCUT2D eigenvalue weighted by molar-refractivity contribution is 6.04. The average molecular weight is 310 g/mol. The van der Waals surface area contributed by atoms with E-state index >= 15 is 0 Å². The number of hydrogen-bond acceptors (Lipinski definition) is 6. The highest BCUT2D eigenvalue weighted by Gasteiger charge is 2.19. The molecule has 0 unspecified atom stereocenters. The van der Waals surface area contributed by atoms with Gasteiger partial charge in [-0.15, -0.1) is 0 Å². The van der Waals surface area contributed by atoms with Crippen LogP contribution in [0.5, 0.6) is 5.75 Å². The molecule has 116 valence electrons. The predicted octanol–water partition coefficient (Wildman–Crippen LogP) is 2.01. The standard InChI is InChI=1S/C16H14N4O3/c1-9-4-5-13(12(8-21)18-9)23-16(22)11-6-7-17-15-14(11)10(2)19-20(15)3/h4-8H,1-3H3. The largest absolute Gasteiger partial charge is 0.420 e. The lowest BCUT2D eigenvalue weighted by Crippen LogP contribution is -2.11. The molecular weight excluding hydrogens is 296 g/mol. The van der Waals surface area contributed by atoms with E-state index < -0.39 is 5.97 Å². The summed E-state index contributed by atoms with van der Waals surface area (Å²) in [5, 5.41) is 4.90. The molecule has 3 aromatic rings. The van der Waals surface area contributed by atoms with E-state index in [-0.39, 0.29) is 11.4 Å². The van der Waals surface area contributed by atoms with Crippen molar-refractivity contribution in [2.24, 2.45) is 7.05 Å². The van der Waals surface area contributed by atoms with Crippen molar-refractivity contribution in [3.8, 4) is 5.75 Å². The molecule has 7 nitrogen and oxygen atoms in total. The first-order chi connectivity index (χ1) is 11.0. The van der Waals surface area contributed by atoms with Gasteiger partial charge >= 0.3 is 5.97 Å². The third-order valence-electron chi connectivity index (χ3n) is 3.46. The third-order valence-corrected chi connectivity index (χ3v) is 3.46. The van der Waals surface area contributed by atoms with Crippen LogP contribution in [0.2, 0.25) is 0 Å². The average Bonchev–Trinajstić information content (AvgIpc) is 2.83. The Morgan fingerprint density at radius 3 is 2.78 bits per heavy atom. The zero-order chi connectivity index (χ0) is 16.6. The maximum atomic E-state index is 12.5. The summed E-state index contributed by atoms with van der Waals surface area (Å²) in [5.41, 5.74) is 2.38. The lowest BCUT2D eigenvalue weighted by atomic mass is 10.1. The fourth-order valence-corrected chi connectivity index (χ4v) is 2.43. The highest BCUT2D eigenvalue weighted by Crippen LogP contribution is 2.23. The van der Waals surface area contributed by atoms with Crippen molar-refractivity contribution in [3.63, 3.8) is 0 Å². The van der Waals surface area contributed by atoms with E-state index in [1.165, 1.54) is 6.20 Å². The number of rotatable bonds is 3. The molecule has 0 saturated heterocycles. The van der Waals surface area contributed by atoms with E-state index in [1.54, 1.807) is 43.8 Å². The molecule has 0 aromatic carbocycles. The SMILES string of the molecule is Cc1ccc(OC(=O)c2ccnc3c2c(C)nn3C)c(C=O)n1. The number of hydrogen-bond donors (Lipinski definition) is 0. The van der Waals surface area contributed by atoms with Crippen LogP contribution in [0.25, 0.3) is 11.0 Å². The van der Waals surface area contributed by atoms with Crippen molar-refractivity contribution in [2.75, 3.05) is 0 Å². The highest BCUT2D eigenvalue weighted by atomic mass is 16.5. The van der Waals surface area contributed by atoms with E-state index in [4.69, 9.17) is 4.74 Å². The molecule has 0 fully saturated rings. The van der Waals surface area contributed by atoms with Gasteiger partial charge in [0.2, 0.25) is 0 Å². The van der Waals surface area contributed by atoms with Gasteiger partial charge < -0.3 is 4.74 Å². The smallest absolute Gasteiger partial charge is 0.344 e. The van der Waals surface area contributed by atoms with Gasteiger partial charge in [-0.05, 0) is 32.0 Å². The molecule has 0 radical (unpaired) electrons. The van der Waals surface area contributed by atoms with E-state index in [1.807, 2.05) is 0 Å². The summed E-state index contributed by atoms with van der Waals surface area (Å²) in [5.74, 6) is -0.454. The lowest BCUT2D eigenvalue weighted by Gasteiger charge is -2.07. The van der Waals surface area contributed by atoms with Crippen molar-refractivity contribution in [3.05, 3.63) is 47.0 Å². The van der Waals surface area contributed by atoms with Gasteiger partial charge in [-0.25, -0.2) is 14.8 Å². The van der Waals surface area contributed by atoms with Crippen molar-refractivity contribution in [1.29, 1.82) is 0 Å². The summed E-state index contributed by atoms with van der Waals surface area (Å²) in [6, 6.07) is 4.80. The number of pyridine rings is 2. The Kier molecular flexibility index (Phi) is 3.61. The van der Waals surface area contributed by atoms with Gasteiger partial charge in [-0.3, -0.25) is 9.48 Å². The van der Waals surface area contributed by atoms with Crippen molar-refractivity contribution >= 4 is 23.3 Å². The van der Waals surface area contributed by atoms with Crippen LogP contribution < -0.4 is 4.74 Å². The summed E-state index contributed by atoms with van der Waals surface area (Å²) in [6.45, 7) is 3.55. The number of esters is 1. The number of carbonyl (C=O) groups is 2. The van der Waals surface area contributed by atoms with Crippen LogP contribution >= 0.6 is 0 Å². The van der Waals surface area contributed by atoms with Crippen LogP contribution in [0.1, 0.15) is 32.2 Å². The van der Waals surface area contributed by atoms with Gasteiger partial charge in [0, 0.05) is 18.9 Å². The number of aryl methyl sites for hydroxylation is 3. The van der Waals surface area contributed by atoms with Crippen molar-refractivity contribution in [1.82, 2.24) is 19.7 Å². The summed E-state index contributed by atoms with van der Waals surface area (Å²) in [4.78, 5) is 31.9. The quantitative estimate of drug-likeness (QED) is 0.543. The van der Waals surface area contributed by atoms with Crippen LogP contribution in [0.3, 0.4) is 0 Å². The van der Waals surface area contributed by atoms with Gasteiger partial charge in [-0.2, -0.15) is 5.10 Å². The molecule has 0 bridgehead atoms. The Morgan fingerprint density at radius 1 is 1.26 bits per heavy atom. The number of carbonyl (C=O) groups excluding carboxylic acids is 2. The molecule has 3 heterocycles. The molecule has 3 aromatic heterocycles. The summed E-state index contributed by atoms with van der Waals surface area (Å²) in [6.07, 6.45) is 2.08. The van der Waals surface area contributed by atoms with E-state index in [0.29, 0.717) is 34.3 Å². The first-order valence-corrected chi connectivity index (χ1v) is 6.94. The van der Waals surface area contributed by atoms with Gasteiger partial charge in [0.15, 0.2) is 17.7 Å². The second kappa shape index (κ2) is 5.60. The second-order valence-corrected chi connectivity index (χ2v) is 5.11. The normalized spacial score (nSPS) is 10.7. The Hall–Kier alpha value is -3.09. The molecule has 0 amide bonds. The number of aromatic nitrogens is 4. The summed E-state index contributed by atoms with van der Waals surface area (Å²) >= 11 is 0. The summed E-state index contributed by atoms with van der Waals surface area (Å²) in [7, 11) is 1.76. The van der Waals surface area contributed by atoms with Crippen molar-refractivity contribution in [2.45, 2.75) is 13.8 Å². The Balaban J connectivity index is 2.04. The van der Waals surface area contributed by atoms with Crippen molar-refractivity contribution < 1.29 is 14.3 Å². The van der Waals surface area contributed by atoms with Crippen LogP contribution in [0.4, 0.5) is 0 Å². The monoisotopic (exact) mass is 310 g/mol. The molecule has 0 aliphatic rings. The number of aldehydes is 1. The van der Waals surface area contributed by atoms with E-state index in [9.17, 15) is 9.59 Å². The Bertz CT molecular complexity index is 930. The van der Waals surface area contributed by atoms with Crippen LogP contribution in [-0.2, 0) is 7.05 Å². The predicted molar refractivity (Wildman–Crippen MR) is 82.6 cm³/mol. The lowest BCUT2D eigenvalue weighted by molar-refractivity contribution is 0.0734. The molecule has 0 atom stereocenters. The second-order valence-electron chi connectivity index (χ2n) is 5.11. The van der Waals surface area contributed by atoms with Gasteiger partial charge in [0.05, 0.1) is 16.6 Å². The third kappa shape index (κ3) is 2.57. The van der Waals surface area contributed by atoms with E-state index in [2.05, 4.69) is 15.1 Å². The molecule has 0 N–H and O–H groups in total. The molecule has 0 spiro atoms. The van der Waals surface area contributed by atoms with Crippen LogP contribution in [0, 0.1) is 13.8 Å². The molecule has 0 saturated carbocycles. The molecule has 0 aliphatic carbocycles. The van der Waals surface area contributed by atoms with Gasteiger partial charge in [0.1, 0.15) is 5.69 Å². The fourth-order valence-electron chi connectivity index (χ4n) is 2.43. The summed E-state index contributed by atoms with van der Waals surface area (Å²) < 4.78 is 6.96. The molecule has 7 heteroatoms.